The van der Waals surface area contributed by atoms with Crippen LogP contribution < -0.4 is 0 Å². The molecule has 0 aromatic heterocycles. The number of hydrogen-bond donors (Lipinski definition) is 0. The van der Waals surface area contributed by atoms with Crippen molar-refractivity contribution in [1.82, 2.24) is 0 Å². The zero-order valence-corrected chi connectivity index (χ0v) is 13.3. The van der Waals surface area contributed by atoms with Crippen molar-refractivity contribution >= 4 is 25.5 Å². The number of carbonyl (C=O) groups excluding carboxylic acids is 1. The van der Waals surface area contributed by atoms with Crippen molar-refractivity contribution in [3.63, 3.8) is 0 Å². The van der Waals surface area contributed by atoms with E-state index in [0.717, 1.165) is 0 Å². The van der Waals surface area contributed by atoms with Crippen molar-refractivity contribution in [2.24, 2.45) is 5.41 Å². The number of alkyl halides is 3. The van der Waals surface area contributed by atoms with E-state index in [2.05, 4.69) is 0 Å². The van der Waals surface area contributed by atoms with Crippen LogP contribution in [0.5, 0.6) is 0 Å². The van der Waals surface area contributed by atoms with Crippen LogP contribution in [0, 0.1) is 5.41 Å². The van der Waals surface area contributed by atoms with Crippen molar-refractivity contribution in [3.8, 4) is 0 Å². The molecule has 0 bridgehead atoms. The Hall–Kier alpha value is -0.640. The summed E-state index contributed by atoms with van der Waals surface area (Å²) in [4.78, 5) is 11.6. The monoisotopic (exact) mass is 338 g/mol. The summed E-state index contributed by atoms with van der Waals surface area (Å²) < 4.78 is 80.8. The average Bonchev–Trinajstić information content (AvgIpc) is 2.12. The fourth-order valence-electron chi connectivity index (χ4n) is 1.01. The molecule has 0 aliphatic heterocycles. The molecule has 0 radical (unpaired) electrons. The molecule has 0 aliphatic rings. The molecule has 10 heteroatoms. The number of carbonyl (C=O) groups is 1. The fourth-order valence-corrected chi connectivity index (χ4v) is 4.49. The molecule has 0 heterocycles. The summed E-state index contributed by atoms with van der Waals surface area (Å²) in [5, 5.41) is 0. The molecule has 0 aromatic rings. The third-order valence-corrected chi connectivity index (χ3v) is 8.32. The van der Waals surface area contributed by atoms with E-state index in [-0.39, 0.29) is 0 Å². The first-order valence-corrected chi connectivity index (χ1v) is 8.58. The van der Waals surface area contributed by atoms with E-state index in [1.807, 2.05) is 0 Å². The molecule has 0 atom stereocenters. The summed E-state index contributed by atoms with van der Waals surface area (Å²) in [6.45, 7) is 5.02. The van der Waals surface area contributed by atoms with Gasteiger partial charge >= 0.3 is 5.51 Å². The zero-order chi connectivity index (χ0) is 16.8. The van der Waals surface area contributed by atoms with Crippen LogP contribution in [0.4, 0.5) is 13.2 Å². The molecule has 20 heavy (non-hydrogen) atoms. The summed E-state index contributed by atoms with van der Waals surface area (Å²) >= 11 is 0. The quantitative estimate of drug-likeness (QED) is 0.778. The topological polar surface area (TPSA) is 85.3 Å². The van der Waals surface area contributed by atoms with Crippen molar-refractivity contribution in [1.29, 1.82) is 0 Å². The first-order chi connectivity index (χ1) is 8.38. The van der Waals surface area contributed by atoms with E-state index in [4.69, 9.17) is 0 Å². The fraction of sp³-hybridized carbons (Fsp3) is 0.900. The first-order valence-electron chi connectivity index (χ1n) is 5.44. The maximum atomic E-state index is 12.5. The van der Waals surface area contributed by atoms with Crippen LogP contribution in [0.1, 0.15) is 34.6 Å². The second kappa shape index (κ2) is 4.97. The highest BCUT2D eigenvalue weighted by molar-refractivity contribution is 8.10. The molecule has 120 valence electrons. The standard InChI is InChI=1S/C10H17F3O5S2/c1-8(2,3)7(14)6-19(15,16)9(4,5)20(17,18)10(11,12)13/h6H2,1-5H3. The molecule has 5 nitrogen and oxygen atoms in total. The molecule has 0 saturated carbocycles. The smallest absolute Gasteiger partial charge is 0.298 e. The van der Waals surface area contributed by atoms with Crippen LogP contribution in [0.15, 0.2) is 0 Å². The molecule has 0 rings (SSSR count). The second-order valence-corrected chi connectivity index (χ2v) is 11.1. The largest absolute Gasteiger partial charge is 0.498 e. The third-order valence-electron chi connectivity index (χ3n) is 2.86. The van der Waals surface area contributed by atoms with Gasteiger partial charge in [-0.3, -0.25) is 4.79 Å². The summed E-state index contributed by atoms with van der Waals surface area (Å²) in [6.07, 6.45) is 0. The van der Waals surface area contributed by atoms with Crippen LogP contribution in [-0.2, 0) is 24.5 Å². The normalized spacial score (nSPS) is 15.2. The number of ketones is 1. The SMILES string of the molecule is CC(C)(C)C(=O)CS(=O)(=O)C(C)(C)S(=O)(=O)C(F)(F)F. The van der Waals surface area contributed by atoms with Gasteiger partial charge in [0.2, 0.25) is 0 Å². The number of sulfone groups is 2. The maximum Gasteiger partial charge on any atom is 0.498 e. The van der Waals surface area contributed by atoms with Gasteiger partial charge in [-0.2, -0.15) is 13.2 Å². The Morgan fingerprint density at radius 1 is 0.900 bits per heavy atom. The maximum absolute atomic E-state index is 12.5. The van der Waals surface area contributed by atoms with Gasteiger partial charge in [-0.05, 0) is 13.8 Å². The lowest BCUT2D eigenvalue weighted by Crippen LogP contribution is -2.50. The van der Waals surface area contributed by atoms with Gasteiger partial charge in [-0.15, -0.1) is 0 Å². The molecule has 0 amide bonds. The van der Waals surface area contributed by atoms with Gasteiger partial charge in [0, 0.05) is 5.41 Å². The van der Waals surface area contributed by atoms with Crippen LogP contribution >= 0.6 is 0 Å². The first kappa shape index (κ1) is 19.4. The lowest BCUT2D eigenvalue weighted by atomic mass is 9.92. The van der Waals surface area contributed by atoms with Crippen LogP contribution in [0.25, 0.3) is 0 Å². The highest BCUT2D eigenvalue weighted by Gasteiger charge is 2.61. The molecule has 0 N–H and O–H groups in total. The van der Waals surface area contributed by atoms with E-state index < -0.39 is 46.2 Å². The van der Waals surface area contributed by atoms with Crippen LogP contribution in [0.2, 0.25) is 0 Å². The molecule has 0 aromatic carbocycles. The molecule has 0 fully saturated rings. The highest BCUT2D eigenvalue weighted by Crippen LogP contribution is 2.37. The van der Waals surface area contributed by atoms with E-state index in [0.29, 0.717) is 13.8 Å². The summed E-state index contributed by atoms with van der Waals surface area (Å²) in [6, 6.07) is 0. The van der Waals surface area contributed by atoms with Crippen LogP contribution in [-0.4, -0.2) is 38.0 Å². The molecule has 0 aliphatic carbocycles. The Morgan fingerprint density at radius 3 is 1.50 bits per heavy atom. The van der Waals surface area contributed by atoms with Gasteiger partial charge in [0.1, 0.15) is 5.75 Å². The van der Waals surface area contributed by atoms with E-state index in [9.17, 15) is 34.8 Å². The molecular formula is C10H17F3O5S2. The predicted octanol–water partition coefficient (Wildman–Crippen LogP) is 1.69. The van der Waals surface area contributed by atoms with Crippen LogP contribution in [0.3, 0.4) is 0 Å². The van der Waals surface area contributed by atoms with E-state index in [1.165, 1.54) is 20.8 Å². The van der Waals surface area contributed by atoms with Crippen molar-refractivity contribution < 1.29 is 34.8 Å². The van der Waals surface area contributed by atoms with Gasteiger partial charge in [-0.25, -0.2) is 16.8 Å². The van der Waals surface area contributed by atoms with Gasteiger partial charge in [0.05, 0.1) is 0 Å². The average molecular weight is 338 g/mol. The Labute approximate surface area is 116 Å². The zero-order valence-electron chi connectivity index (χ0n) is 11.7. The van der Waals surface area contributed by atoms with Crippen molar-refractivity contribution in [3.05, 3.63) is 0 Å². The summed E-state index contributed by atoms with van der Waals surface area (Å²) in [5.41, 5.74) is -6.82. The number of halogens is 3. The second-order valence-electron chi connectivity index (χ2n) is 5.78. The minimum absolute atomic E-state index is 0.432. The molecule has 0 saturated heterocycles. The molecular weight excluding hydrogens is 321 g/mol. The third kappa shape index (κ3) is 3.33. The van der Waals surface area contributed by atoms with Crippen molar-refractivity contribution in [2.75, 3.05) is 5.75 Å². The van der Waals surface area contributed by atoms with Crippen molar-refractivity contribution in [2.45, 2.75) is 44.2 Å². The Balaban J connectivity index is 5.82. The lowest BCUT2D eigenvalue weighted by molar-refractivity contribution is -0.123. The van der Waals surface area contributed by atoms with Gasteiger partial charge < -0.3 is 0 Å². The molecule has 0 spiro atoms. The highest BCUT2D eigenvalue weighted by atomic mass is 32.3. The Kier molecular flexibility index (Phi) is 4.81. The van der Waals surface area contributed by atoms with Gasteiger partial charge in [-0.1, -0.05) is 20.8 Å². The molecule has 0 unspecified atom stereocenters. The number of Topliss-reactive ketones (excluding diaryl/α,β-unsaturated/α-hetero) is 1. The minimum atomic E-state index is -5.96. The number of rotatable bonds is 4. The summed E-state index contributed by atoms with van der Waals surface area (Å²) in [7, 11) is -10.8. The lowest BCUT2D eigenvalue weighted by Gasteiger charge is -2.27. The predicted molar refractivity (Wildman–Crippen MR) is 67.3 cm³/mol. The summed E-state index contributed by atoms with van der Waals surface area (Å²) in [5.74, 6) is -2.12. The minimum Gasteiger partial charge on any atom is -0.298 e. The van der Waals surface area contributed by atoms with Gasteiger partial charge in [0.25, 0.3) is 9.84 Å². The number of hydrogen-bond acceptors (Lipinski definition) is 5. The van der Waals surface area contributed by atoms with E-state index in [1.54, 1.807) is 0 Å². The Bertz CT molecular complexity index is 592. The van der Waals surface area contributed by atoms with Gasteiger partial charge in [0.15, 0.2) is 19.7 Å². The van der Waals surface area contributed by atoms with E-state index >= 15 is 0 Å². The Morgan fingerprint density at radius 2 is 1.25 bits per heavy atom.